The molecule has 0 aliphatic rings. The first kappa shape index (κ1) is 11.6. The molecule has 0 atom stereocenters. The molecule has 1 rings (SSSR count). The van der Waals surface area contributed by atoms with Crippen molar-refractivity contribution in [3.8, 4) is 5.75 Å². The third-order valence-corrected chi connectivity index (χ3v) is 2.54. The van der Waals surface area contributed by atoms with Gasteiger partial charge in [-0.3, -0.25) is 0 Å². The molecular formula is C12H16BrO. The maximum absolute atomic E-state index is 5.63. The Balaban J connectivity index is 2.43. The van der Waals surface area contributed by atoms with Crippen molar-refractivity contribution in [1.29, 1.82) is 0 Å². The van der Waals surface area contributed by atoms with E-state index in [4.69, 9.17) is 4.74 Å². The highest BCUT2D eigenvalue weighted by atomic mass is 79.9. The van der Waals surface area contributed by atoms with Crippen molar-refractivity contribution in [1.82, 2.24) is 0 Å². The Morgan fingerprint density at radius 1 is 1.43 bits per heavy atom. The van der Waals surface area contributed by atoms with Gasteiger partial charge in [-0.25, -0.2) is 0 Å². The van der Waals surface area contributed by atoms with Crippen LogP contribution in [0.1, 0.15) is 27.2 Å². The monoisotopic (exact) mass is 255 g/mol. The summed E-state index contributed by atoms with van der Waals surface area (Å²) in [4.78, 5) is 0. The zero-order chi connectivity index (χ0) is 10.6. The second-order valence-corrected chi connectivity index (χ2v) is 5.37. The van der Waals surface area contributed by atoms with Crippen molar-refractivity contribution in [2.75, 3.05) is 6.61 Å². The fraction of sp³-hybridized carbons (Fsp3) is 0.500. The molecule has 0 saturated heterocycles. The summed E-state index contributed by atoms with van der Waals surface area (Å²) in [6.07, 6.45) is 1.05. The molecule has 14 heavy (non-hydrogen) atoms. The van der Waals surface area contributed by atoms with E-state index in [1.807, 2.05) is 18.2 Å². The van der Waals surface area contributed by atoms with Crippen LogP contribution in [0, 0.1) is 11.5 Å². The lowest BCUT2D eigenvalue weighted by Crippen LogP contribution is -2.11. The highest BCUT2D eigenvalue weighted by Gasteiger charge is 2.10. The molecule has 0 N–H and O–H groups in total. The van der Waals surface area contributed by atoms with Crippen LogP contribution >= 0.6 is 15.9 Å². The zero-order valence-electron chi connectivity index (χ0n) is 8.93. The van der Waals surface area contributed by atoms with Gasteiger partial charge in [0.2, 0.25) is 0 Å². The van der Waals surface area contributed by atoms with Crippen molar-refractivity contribution in [2.24, 2.45) is 5.41 Å². The molecule has 0 amide bonds. The molecule has 0 aliphatic carbocycles. The van der Waals surface area contributed by atoms with Crippen LogP contribution in [0.3, 0.4) is 0 Å². The largest absolute Gasteiger partial charge is 0.492 e. The Morgan fingerprint density at radius 3 is 2.71 bits per heavy atom. The molecule has 77 valence electrons. The van der Waals surface area contributed by atoms with E-state index in [0.29, 0.717) is 5.41 Å². The van der Waals surface area contributed by atoms with Gasteiger partial charge in [-0.15, -0.1) is 0 Å². The fourth-order valence-corrected chi connectivity index (χ4v) is 1.34. The summed E-state index contributed by atoms with van der Waals surface area (Å²) in [6, 6.07) is 8.65. The van der Waals surface area contributed by atoms with Gasteiger partial charge in [0, 0.05) is 0 Å². The Kier molecular flexibility index (Phi) is 3.99. The lowest BCUT2D eigenvalue weighted by Gasteiger charge is -2.18. The van der Waals surface area contributed by atoms with Crippen molar-refractivity contribution in [3.63, 3.8) is 0 Å². The molecule has 1 aromatic carbocycles. The summed E-state index contributed by atoms with van der Waals surface area (Å²) in [7, 11) is 0. The Bertz CT molecular complexity index is 289. The molecule has 0 bridgehead atoms. The number of ether oxygens (including phenoxy) is 1. The van der Waals surface area contributed by atoms with Gasteiger partial charge in [0.15, 0.2) is 0 Å². The highest BCUT2D eigenvalue weighted by Crippen LogP contribution is 2.25. The standard InChI is InChI=1S/C12H16BrO/c1-12(2,3)8-9-14-11-7-5-4-6-10(11)13/h4,6-7H,8-9H2,1-3H3. The number of hydrogen-bond acceptors (Lipinski definition) is 1. The van der Waals surface area contributed by atoms with Crippen molar-refractivity contribution < 1.29 is 4.74 Å². The highest BCUT2D eigenvalue weighted by molar-refractivity contribution is 9.10. The first-order valence-corrected chi connectivity index (χ1v) is 5.57. The van der Waals surface area contributed by atoms with Gasteiger partial charge in [-0.2, -0.15) is 0 Å². The predicted molar refractivity (Wildman–Crippen MR) is 62.5 cm³/mol. The minimum Gasteiger partial charge on any atom is -0.492 e. The summed E-state index contributed by atoms with van der Waals surface area (Å²) in [6.45, 7) is 7.38. The van der Waals surface area contributed by atoms with Crippen molar-refractivity contribution in [2.45, 2.75) is 27.2 Å². The van der Waals surface area contributed by atoms with E-state index in [1.165, 1.54) is 0 Å². The molecule has 1 nitrogen and oxygen atoms in total. The molecule has 0 saturated carbocycles. The van der Waals surface area contributed by atoms with Crippen LogP contribution in [0.4, 0.5) is 0 Å². The molecule has 1 radical (unpaired) electrons. The molecule has 0 fully saturated rings. The van der Waals surface area contributed by atoms with E-state index in [0.717, 1.165) is 23.2 Å². The van der Waals surface area contributed by atoms with Gasteiger partial charge in [0.1, 0.15) is 5.75 Å². The molecule has 0 aromatic heterocycles. The Morgan fingerprint density at radius 2 is 2.14 bits per heavy atom. The Hall–Kier alpha value is -0.500. The molecule has 0 unspecified atom stereocenters. The summed E-state index contributed by atoms with van der Waals surface area (Å²) in [5, 5.41) is 0. The van der Waals surface area contributed by atoms with Gasteiger partial charge >= 0.3 is 0 Å². The summed E-state index contributed by atoms with van der Waals surface area (Å²) >= 11 is 3.43. The number of halogens is 1. The summed E-state index contributed by atoms with van der Waals surface area (Å²) in [5.74, 6) is 0.872. The topological polar surface area (TPSA) is 9.23 Å². The molecule has 1 aromatic rings. The summed E-state index contributed by atoms with van der Waals surface area (Å²) in [5.41, 5.74) is 0.324. The second kappa shape index (κ2) is 4.83. The number of rotatable bonds is 3. The van der Waals surface area contributed by atoms with Crippen LogP contribution < -0.4 is 4.74 Å². The molecular weight excluding hydrogens is 240 g/mol. The van der Waals surface area contributed by atoms with Crippen LogP contribution in [-0.4, -0.2) is 6.61 Å². The third-order valence-electron chi connectivity index (χ3n) is 1.89. The average molecular weight is 256 g/mol. The van der Waals surface area contributed by atoms with Gasteiger partial charge in [-0.1, -0.05) is 26.8 Å². The lowest BCUT2D eigenvalue weighted by atomic mass is 9.93. The molecule has 2 heteroatoms. The summed E-state index contributed by atoms with van der Waals surface area (Å²) < 4.78 is 6.63. The fourth-order valence-electron chi connectivity index (χ4n) is 0.974. The molecule has 0 heterocycles. The smallest absolute Gasteiger partial charge is 0.134 e. The SMILES string of the molecule is CC(C)(C)CCOc1c[c]ccc1Br. The second-order valence-electron chi connectivity index (χ2n) is 4.52. The van der Waals surface area contributed by atoms with Gasteiger partial charge < -0.3 is 4.74 Å². The van der Waals surface area contributed by atoms with E-state index < -0.39 is 0 Å². The van der Waals surface area contributed by atoms with E-state index in [2.05, 4.69) is 42.8 Å². The zero-order valence-corrected chi connectivity index (χ0v) is 10.5. The maximum Gasteiger partial charge on any atom is 0.134 e. The number of benzene rings is 1. The van der Waals surface area contributed by atoms with Gasteiger partial charge in [-0.05, 0) is 46.0 Å². The van der Waals surface area contributed by atoms with Crippen molar-refractivity contribution in [3.05, 3.63) is 28.7 Å². The first-order chi connectivity index (χ1) is 6.49. The van der Waals surface area contributed by atoms with E-state index >= 15 is 0 Å². The van der Waals surface area contributed by atoms with Crippen LogP contribution in [-0.2, 0) is 0 Å². The van der Waals surface area contributed by atoms with Crippen LogP contribution in [0.25, 0.3) is 0 Å². The van der Waals surface area contributed by atoms with Crippen LogP contribution in [0.15, 0.2) is 22.7 Å². The lowest BCUT2D eigenvalue weighted by molar-refractivity contribution is 0.242. The minimum absolute atomic E-state index is 0.324. The quantitative estimate of drug-likeness (QED) is 0.792. The first-order valence-electron chi connectivity index (χ1n) is 4.77. The molecule has 0 spiro atoms. The van der Waals surface area contributed by atoms with Gasteiger partial charge in [0.05, 0.1) is 11.1 Å². The van der Waals surface area contributed by atoms with E-state index in [1.54, 1.807) is 0 Å². The molecule has 0 aliphatic heterocycles. The van der Waals surface area contributed by atoms with Crippen LogP contribution in [0.5, 0.6) is 5.75 Å². The normalized spacial score (nSPS) is 11.4. The van der Waals surface area contributed by atoms with E-state index in [9.17, 15) is 0 Å². The maximum atomic E-state index is 5.63. The number of hydrogen-bond donors (Lipinski definition) is 0. The van der Waals surface area contributed by atoms with E-state index in [-0.39, 0.29) is 0 Å². The average Bonchev–Trinajstić information content (AvgIpc) is 2.06. The predicted octanol–water partition coefficient (Wildman–Crippen LogP) is 4.06. The Labute approximate surface area is 94.6 Å². The minimum atomic E-state index is 0.324. The van der Waals surface area contributed by atoms with Crippen LogP contribution in [0.2, 0.25) is 0 Å². The third kappa shape index (κ3) is 4.14. The van der Waals surface area contributed by atoms with Crippen molar-refractivity contribution >= 4 is 15.9 Å². The van der Waals surface area contributed by atoms with Gasteiger partial charge in [0.25, 0.3) is 0 Å².